The normalized spacial score (nSPS) is 22.5. The van der Waals surface area contributed by atoms with Crippen LogP contribution in [0.3, 0.4) is 0 Å². The van der Waals surface area contributed by atoms with Crippen molar-refractivity contribution in [1.29, 1.82) is 0 Å². The van der Waals surface area contributed by atoms with E-state index in [0.29, 0.717) is 6.10 Å². The Kier molecular flexibility index (Phi) is 5.01. The van der Waals surface area contributed by atoms with Crippen LogP contribution in [0.1, 0.15) is 56.3 Å². The first kappa shape index (κ1) is 19.3. The van der Waals surface area contributed by atoms with Crippen LogP contribution in [0, 0.1) is 0 Å². The van der Waals surface area contributed by atoms with Crippen LogP contribution in [0.15, 0.2) is 28.9 Å². The molecule has 1 saturated heterocycles. The highest BCUT2D eigenvalue weighted by molar-refractivity contribution is 6.34. The topological polar surface area (TPSA) is 49.7 Å². The molecule has 0 amide bonds. The molecule has 1 aromatic heterocycles. The standard InChI is InChI=1S/C23H30ClN3O2/c1-15-25-21-19(24)13-16-12-18(14-27-10-6-17(28-2)7-11-27)29-22(16)20(21)23(26-15)8-4-3-5-9-23/h12-13,17,25-26H,1,3-11,14H2,2H3. The Bertz CT molecular complexity index is 924. The van der Waals surface area contributed by atoms with Crippen molar-refractivity contribution in [2.45, 2.75) is 63.1 Å². The number of nitrogens with zero attached hydrogens (tertiary/aromatic N) is 1. The molecule has 3 aliphatic rings. The van der Waals surface area contributed by atoms with Crippen LogP contribution in [0.5, 0.6) is 0 Å². The van der Waals surface area contributed by atoms with Crippen LogP contribution in [-0.2, 0) is 16.8 Å². The van der Waals surface area contributed by atoms with Gasteiger partial charge in [0.05, 0.1) is 34.7 Å². The molecule has 0 bridgehead atoms. The Morgan fingerprint density at radius 2 is 2.00 bits per heavy atom. The molecule has 29 heavy (non-hydrogen) atoms. The zero-order valence-electron chi connectivity index (χ0n) is 17.2. The Hall–Kier alpha value is -1.69. The first-order valence-corrected chi connectivity index (χ1v) is 11.2. The van der Waals surface area contributed by atoms with Gasteiger partial charge in [-0.2, -0.15) is 0 Å². The summed E-state index contributed by atoms with van der Waals surface area (Å²) in [5.74, 6) is 1.84. The maximum Gasteiger partial charge on any atom is 0.142 e. The quantitative estimate of drug-likeness (QED) is 0.708. The van der Waals surface area contributed by atoms with Crippen LogP contribution in [0.4, 0.5) is 5.69 Å². The van der Waals surface area contributed by atoms with Crippen molar-refractivity contribution >= 4 is 28.3 Å². The van der Waals surface area contributed by atoms with E-state index in [9.17, 15) is 0 Å². The number of furan rings is 1. The molecule has 5 nitrogen and oxygen atoms in total. The summed E-state index contributed by atoms with van der Waals surface area (Å²) in [6, 6.07) is 4.20. The van der Waals surface area contributed by atoms with E-state index in [2.05, 4.69) is 28.2 Å². The second-order valence-corrected chi connectivity index (χ2v) is 9.23. The van der Waals surface area contributed by atoms with E-state index in [0.717, 1.165) is 78.6 Å². The largest absolute Gasteiger partial charge is 0.459 e. The zero-order chi connectivity index (χ0) is 20.0. The fourth-order valence-corrected chi connectivity index (χ4v) is 5.71. The van der Waals surface area contributed by atoms with Crippen LogP contribution in [-0.4, -0.2) is 31.2 Å². The van der Waals surface area contributed by atoms with Crippen molar-refractivity contribution < 1.29 is 9.15 Å². The van der Waals surface area contributed by atoms with Gasteiger partial charge in [0.25, 0.3) is 0 Å². The number of rotatable bonds is 3. The average Bonchev–Trinajstić information content (AvgIpc) is 3.10. The van der Waals surface area contributed by atoms with E-state index < -0.39 is 0 Å². The van der Waals surface area contributed by atoms with Gasteiger partial charge in [0.15, 0.2) is 0 Å². The highest BCUT2D eigenvalue weighted by atomic mass is 35.5. The number of methoxy groups -OCH3 is 1. The van der Waals surface area contributed by atoms with Gasteiger partial charge in [-0.25, -0.2) is 0 Å². The maximum absolute atomic E-state index is 6.72. The van der Waals surface area contributed by atoms with Gasteiger partial charge < -0.3 is 19.8 Å². The van der Waals surface area contributed by atoms with Gasteiger partial charge in [-0.05, 0) is 37.8 Å². The number of benzene rings is 1. The number of likely N-dealkylation sites (tertiary alicyclic amines) is 1. The molecule has 1 aromatic carbocycles. The van der Waals surface area contributed by atoms with Gasteiger partial charge in [0.1, 0.15) is 11.3 Å². The smallest absolute Gasteiger partial charge is 0.142 e. The molecule has 0 atom stereocenters. The number of fused-ring (bicyclic) bond motifs is 4. The summed E-state index contributed by atoms with van der Waals surface area (Å²) in [6.07, 6.45) is 8.40. The third kappa shape index (κ3) is 3.43. The molecule has 6 heteroatoms. The van der Waals surface area contributed by atoms with Crippen LogP contribution < -0.4 is 10.6 Å². The van der Waals surface area contributed by atoms with Crippen molar-refractivity contribution in [1.82, 2.24) is 10.2 Å². The number of ether oxygens (including phenoxy) is 1. The molecule has 3 heterocycles. The lowest BCUT2D eigenvalue weighted by Crippen LogP contribution is -2.48. The molecule has 0 unspecified atom stereocenters. The van der Waals surface area contributed by atoms with E-state index in [1.54, 1.807) is 0 Å². The number of hydrogen-bond acceptors (Lipinski definition) is 5. The molecule has 0 radical (unpaired) electrons. The molecular formula is C23H30ClN3O2. The first-order valence-electron chi connectivity index (χ1n) is 10.8. The van der Waals surface area contributed by atoms with E-state index in [-0.39, 0.29) is 5.54 Å². The maximum atomic E-state index is 6.72. The molecule has 1 aliphatic carbocycles. The van der Waals surface area contributed by atoms with E-state index in [1.165, 1.54) is 24.8 Å². The van der Waals surface area contributed by atoms with Crippen molar-refractivity contribution in [2.24, 2.45) is 0 Å². The molecule has 1 saturated carbocycles. The third-order valence-corrected chi connectivity index (χ3v) is 7.21. The predicted molar refractivity (Wildman–Crippen MR) is 117 cm³/mol. The summed E-state index contributed by atoms with van der Waals surface area (Å²) in [5, 5.41) is 8.87. The Morgan fingerprint density at radius 1 is 1.24 bits per heavy atom. The highest BCUT2D eigenvalue weighted by Crippen LogP contribution is 2.49. The summed E-state index contributed by atoms with van der Waals surface area (Å²) in [6.45, 7) is 7.07. The van der Waals surface area contributed by atoms with Gasteiger partial charge in [0, 0.05) is 31.1 Å². The van der Waals surface area contributed by atoms with Crippen molar-refractivity contribution in [2.75, 3.05) is 25.5 Å². The first-order chi connectivity index (χ1) is 14.1. The fraction of sp³-hybridized carbons (Fsp3) is 0.565. The SMILES string of the molecule is C=C1Nc2c(Cl)cc3cc(CN4CCC(OC)CC4)oc3c2C2(CCCCC2)N1. The van der Waals surface area contributed by atoms with Gasteiger partial charge in [-0.15, -0.1) is 0 Å². The number of nitrogens with one attached hydrogen (secondary N) is 2. The zero-order valence-corrected chi connectivity index (χ0v) is 17.9. The lowest BCUT2D eigenvalue weighted by Gasteiger charge is -2.44. The fourth-order valence-electron chi connectivity index (χ4n) is 5.45. The summed E-state index contributed by atoms with van der Waals surface area (Å²) in [5.41, 5.74) is 2.99. The predicted octanol–water partition coefficient (Wildman–Crippen LogP) is 5.34. The molecule has 156 valence electrons. The molecule has 5 rings (SSSR count). The lowest BCUT2D eigenvalue weighted by atomic mass is 9.74. The van der Waals surface area contributed by atoms with Crippen molar-refractivity contribution in [3.8, 4) is 0 Å². The number of piperidine rings is 1. The molecule has 2 N–H and O–H groups in total. The van der Waals surface area contributed by atoms with Crippen LogP contribution in [0.25, 0.3) is 11.0 Å². The minimum Gasteiger partial charge on any atom is -0.459 e. The second-order valence-electron chi connectivity index (χ2n) is 8.82. The van der Waals surface area contributed by atoms with E-state index in [4.69, 9.17) is 20.8 Å². The molecule has 2 aliphatic heterocycles. The van der Waals surface area contributed by atoms with Crippen molar-refractivity contribution in [3.63, 3.8) is 0 Å². The van der Waals surface area contributed by atoms with Gasteiger partial charge in [-0.3, -0.25) is 4.90 Å². The number of halogens is 1. The second kappa shape index (κ2) is 7.53. The Balaban J connectivity index is 1.52. The Morgan fingerprint density at radius 3 is 2.72 bits per heavy atom. The summed E-state index contributed by atoms with van der Waals surface area (Å²) in [4.78, 5) is 2.45. The Labute approximate surface area is 177 Å². The minimum atomic E-state index is -0.134. The minimum absolute atomic E-state index is 0.134. The third-order valence-electron chi connectivity index (χ3n) is 6.91. The summed E-state index contributed by atoms with van der Waals surface area (Å²) in [7, 11) is 1.81. The van der Waals surface area contributed by atoms with Gasteiger partial charge in [0.2, 0.25) is 0 Å². The number of hydrogen-bond donors (Lipinski definition) is 2. The summed E-state index contributed by atoms with van der Waals surface area (Å²) < 4.78 is 12.0. The molecular weight excluding hydrogens is 386 g/mol. The van der Waals surface area contributed by atoms with E-state index >= 15 is 0 Å². The van der Waals surface area contributed by atoms with E-state index in [1.807, 2.05) is 13.2 Å². The summed E-state index contributed by atoms with van der Waals surface area (Å²) >= 11 is 6.72. The molecule has 2 aromatic rings. The lowest BCUT2D eigenvalue weighted by molar-refractivity contribution is 0.0371. The molecule has 2 fully saturated rings. The highest BCUT2D eigenvalue weighted by Gasteiger charge is 2.42. The van der Waals surface area contributed by atoms with Crippen molar-refractivity contribution in [3.05, 3.63) is 40.9 Å². The monoisotopic (exact) mass is 415 g/mol. The molecule has 1 spiro atoms. The average molecular weight is 416 g/mol. The van der Waals surface area contributed by atoms with Gasteiger partial charge in [-0.1, -0.05) is 37.4 Å². The van der Waals surface area contributed by atoms with Gasteiger partial charge >= 0.3 is 0 Å². The number of anilines is 1. The van der Waals surface area contributed by atoms with Crippen LogP contribution >= 0.6 is 11.6 Å². The van der Waals surface area contributed by atoms with Crippen LogP contribution in [0.2, 0.25) is 5.02 Å².